The Balaban J connectivity index is 1.69. The number of carbonyl (C=O) groups excluding carboxylic acids is 1. The standard InChI is InChI=1S/C33H40FNO6/c1-4-39-32(36)25-6-5-20-35(24-25)21-23-41-33(26-7-13-29(37-2)14-8-26,27-9-15-30(38-3)16-10-27)28-11-17-31(18-12-28)40-22-19-34/h7-18,25H,4-6,19-24H2,1-3H3/i34-1. The molecule has 4 rings (SSSR count). The van der Waals surface area contributed by atoms with E-state index in [1.165, 1.54) is 0 Å². The molecule has 1 aliphatic rings. The SMILES string of the molecule is CCOC(=O)C1CCCN(CCOC(c2ccc(OC)cc2)(c2ccc(OC)cc2)c2ccc(OCC[18F])cc2)C1. The first-order valence-corrected chi connectivity index (χ1v) is 14.1. The van der Waals surface area contributed by atoms with Crippen LogP contribution in [0, 0.1) is 5.92 Å². The molecule has 0 bridgehead atoms. The van der Waals surface area contributed by atoms with Crippen LogP contribution in [0.5, 0.6) is 17.2 Å². The van der Waals surface area contributed by atoms with Crippen molar-refractivity contribution in [2.45, 2.75) is 25.4 Å². The van der Waals surface area contributed by atoms with E-state index in [0.29, 0.717) is 32.1 Å². The summed E-state index contributed by atoms with van der Waals surface area (Å²) in [6.07, 6.45) is 1.78. The monoisotopic (exact) mass is 564 g/mol. The van der Waals surface area contributed by atoms with E-state index in [0.717, 1.165) is 47.6 Å². The first-order valence-electron chi connectivity index (χ1n) is 14.1. The van der Waals surface area contributed by atoms with Crippen LogP contribution in [-0.2, 0) is 19.9 Å². The number of piperidine rings is 1. The highest BCUT2D eigenvalue weighted by Gasteiger charge is 2.38. The Morgan fingerprint density at radius 3 is 1.88 bits per heavy atom. The second-order valence-electron chi connectivity index (χ2n) is 9.94. The average Bonchev–Trinajstić information content (AvgIpc) is 3.03. The number of rotatable bonds is 14. The lowest BCUT2D eigenvalue weighted by atomic mass is 9.80. The van der Waals surface area contributed by atoms with Gasteiger partial charge in [0, 0.05) is 13.1 Å². The van der Waals surface area contributed by atoms with E-state index >= 15 is 0 Å². The fourth-order valence-corrected chi connectivity index (χ4v) is 5.38. The molecule has 1 atom stereocenters. The molecule has 220 valence electrons. The van der Waals surface area contributed by atoms with Crippen LogP contribution in [-0.4, -0.2) is 71.2 Å². The Morgan fingerprint density at radius 2 is 1.39 bits per heavy atom. The minimum absolute atomic E-state index is 0.000572. The number of alkyl halides is 1. The first kappa shape index (κ1) is 30.3. The molecule has 1 fully saturated rings. The topological polar surface area (TPSA) is 66.5 Å². The number of hydrogen-bond donors (Lipinski definition) is 0. The van der Waals surface area contributed by atoms with Gasteiger partial charge in [-0.2, -0.15) is 0 Å². The quantitative estimate of drug-likeness (QED) is 0.186. The number of methoxy groups -OCH3 is 2. The van der Waals surface area contributed by atoms with Crippen molar-refractivity contribution in [1.82, 2.24) is 4.90 Å². The molecule has 0 aliphatic carbocycles. The molecule has 41 heavy (non-hydrogen) atoms. The number of likely N-dealkylation sites (tertiary alicyclic amines) is 1. The van der Waals surface area contributed by atoms with Gasteiger partial charge in [0.15, 0.2) is 0 Å². The molecule has 3 aromatic rings. The predicted molar refractivity (Wildman–Crippen MR) is 156 cm³/mol. The smallest absolute Gasteiger partial charge is 0.310 e. The summed E-state index contributed by atoms with van der Waals surface area (Å²) in [5, 5.41) is 0. The number of carbonyl (C=O) groups is 1. The van der Waals surface area contributed by atoms with Gasteiger partial charge in [-0.1, -0.05) is 36.4 Å². The van der Waals surface area contributed by atoms with Crippen LogP contribution in [0.4, 0.5) is 4.39 Å². The first-order chi connectivity index (χ1) is 20.0. The van der Waals surface area contributed by atoms with Crippen LogP contribution < -0.4 is 14.2 Å². The number of benzene rings is 3. The number of halogens is 1. The zero-order chi connectivity index (χ0) is 29.1. The summed E-state index contributed by atoms with van der Waals surface area (Å²) >= 11 is 0. The lowest BCUT2D eigenvalue weighted by molar-refractivity contribution is -0.150. The van der Waals surface area contributed by atoms with E-state index in [1.807, 2.05) is 79.7 Å². The van der Waals surface area contributed by atoms with Gasteiger partial charge in [-0.15, -0.1) is 0 Å². The molecule has 0 aromatic heterocycles. The summed E-state index contributed by atoms with van der Waals surface area (Å²) in [7, 11) is 3.28. The summed E-state index contributed by atoms with van der Waals surface area (Å²) in [6.45, 7) is 4.29. The molecular weight excluding hydrogens is 524 g/mol. The summed E-state index contributed by atoms with van der Waals surface area (Å²) in [6, 6.07) is 23.3. The molecule has 1 saturated heterocycles. The van der Waals surface area contributed by atoms with E-state index in [1.54, 1.807) is 14.2 Å². The van der Waals surface area contributed by atoms with E-state index in [-0.39, 0.29) is 18.5 Å². The van der Waals surface area contributed by atoms with E-state index < -0.39 is 12.3 Å². The zero-order valence-corrected chi connectivity index (χ0v) is 24.1. The fraction of sp³-hybridized carbons (Fsp3) is 0.424. The summed E-state index contributed by atoms with van der Waals surface area (Å²) in [5.41, 5.74) is 1.75. The van der Waals surface area contributed by atoms with Gasteiger partial charge in [-0.25, -0.2) is 4.39 Å². The second kappa shape index (κ2) is 14.8. The average molecular weight is 565 g/mol. The van der Waals surface area contributed by atoms with Crippen LogP contribution in [0.1, 0.15) is 36.5 Å². The third-order valence-electron chi connectivity index (χ3n) is 7.45. The molecule has 0 radical (unpaired) electrons. The van der Waals surface area contributed by atoms with Gasteiger partial charge < -0.3 is 28.6 Å². The third kappa shape index (κ3) is 7.37. The molecule has 0 amide bonds. The Kier molecular flexibility index (Phi) is 11.0. The van der Waals surface area contributed by atoms with Crippen LogP contribution >= 0.6 is 0 Å². The van der Waals surface area contributed by atoms with E-state index in [2.05, 4.69) is 4.90 Å². The third-order valence-corrected chi connectivity index (χ3v) is 7.45. The maximum absolute atomic E-state index is 12.7. The number of hydrogen-bond acceptors (Lipinski definition) is 7. The van der Waals surface area contributed by atoms with Crippen molar-refractivity contribution in [3.8, 4) is 17.2 Å². The van der Waals surface area contributed by atoms with Crippen molar-refractivity contribution in [3.05, 3.63) is 89.5 Å². The highest BCUT2D eigenvalue weighted by atomic mass is 18.2. The lowest BCUT2D eigenvalue weighted by Crippen LogP contribution is -2.42. The molecular formula is C33H40FNO6. The van der Waals surface area contributed by atoms with Crippen molar-refractivity contribution < 1.29 is 32.9 Å². The molecule has 7 nitrogen and oxygen atoms in total. The predicted octanol–water partition coefficient (Wildman–Crippen LogP) is 5.64. The number of esters is 1. The van der Waals surface area contributed by atoms with Gasteiger partial charge in [0.2, 0.25) is 0 Å². The van der Waals surface area contributed by atoms with Crippen LogP contribution in [0.3, 0.4) is 0 Å². The van der Waals surface area contributed by atoms with Crippen molar-refractivity contribution in [2.24, 2.45) is 5.92 Å². The summed E-state index contributed by atoms with van der Waals surface area (Å²) in [4.78, 5) is 14.7. The van der Waals surface area contributed by atoms with E-state index in [4.69, 9.17) is 23.7 Å². The fourth-order valence-electron chi connectivity index (χ4n) is 5.38. The largest absolute Gasteiger partial charge is 0.497 e. The molecule has 8 heteroatoms. The zero-order valence-electron chi connectivity index (χ0n) is 24.1. The van der Waals surface area contributed by atoms with Gasteiger partial charge in [-0.05, 0) is 79.4 Å². The van der Waals surface area contributed by atoms with Gasteiger partial charge in [0.05, 0.1) is 33.4 Å². The van der Waals surface area contributed by atoms with Crippen LogP contribution in [0.15, 0.2) is 72.8 Å². The van der Waals surface area contributed by atoms with Crippen molar-refractivity contribution >= 4 is 5.97 Å². The Morgan fingerprint density at radius 1 is 0.854 bits per heavy atom. The highest BCUT2D eigenvalue weighted by Crippen LogP contribution is 2.42. The highest BCUT2D eigenvalue weighted by molar-refractivity contribution is 5.72. The minimum atomic E-state index is -0.979. The van der Waals surface area contributed by atoms with Crippen molar-refractivity contribution in [1.29, 1.82) is 0 Å². The minimum Gasteiger partial charge on any atom is -0.497 e. The van der Waals surface area contributed by atoms with E-state index in [9.17, 15) is 9.18 Å². The summed E-state index contributed by atoms with van der Waals surface area (Å²) < 4.78 is 41.3. The molecule has 0 saturated carbocycles. The number of nitrogens with zero attached hydrogens (tertiary/aromatic N) is 1. The normalized spacial score (nSPS) is 15.8. The molecule has 1 heterocycles. The van der Waals surface area contributed by atoms with Gasteiger partial charge in [0.25, 0.3) is 0 Å². The maximum Gasteiger partial charge on any atom is 0.310 e. The molecule has 3 aromatic carbocycles. The number of ether oxygens (including phenoxy) is 5. The molecule has 1 aliphatic heterocycles. The van der Waals surface area contributed by atoms with Gasteiger partial charge in [-0.3, -0.25) is 4.79 Å². The maximum atomic E-state index is 12.7. The van der Waals surface area contributed by atoms with Crippen molar-refractivity contribution in [3.63, 3.8) is 0 Å². The molecule has 0 spiro atoms. The molecule has 0 N–H and O–H groups in total. The van der Waals surface area contributed by atoms with Gasteiger partial charge in [0.1, 0.15) is 36.1 Å². The van der Waals surface area contributed by atoms with Gasteiger partial charge >= 0.3 is 5.97 Å². The summed E-state index contributed by atoms with van der Waals surface area (Å²) in [5.74, 6) is 1.83. The second-order valence-corrected chi connectivity index (χ2v) is 9.94. The Hall–Kier alpha value is -3.62. The molecule has 1 unspecified atom stereocenters. The Bertz CT molecular complexity index is 1170. The Labute approximate surface area is 242 Å². The van der Waals surface area contributed by atoms with Crippen LogP contribution in [0.2, 0.25) is 0 Å². The van der Waals surface area contributed by atoms with Crippen molar-refractivity contribution in [2.75, 3.05) is 60.3 Å². The lowest BCUT2D eigenvalue weighted by Gasteiger charge is -2.38. The van der Waals surface area contributed by atoms with Crippen LogP contribution in [0.25, 0.3) is 0 Å².